The Labute approximate surface area is 106 Å². The predicted octanol–water partition coefficient (Wildman–Crippen LogP) is 0.693. The van der Waals surface area contributed by atoms with Crippen molar-refractivity contribution in [3.63, 3.8) is 0 Å². The van der Waals surface area contributed by atoms with E-state index < -0.39 is 0 Å². The average molecular weight is 243 g/mol. The molecule has 2 fully saturated rings. The summed E-state index contributed by atoms with van der Waals surface area (Å²) in [6, 6.07) is 6.11. The first kappa shape index (κ1) is 10.3. The van der Waals surface area contributed by atoms with Gasteiger partial charge in [-0.05, 0) is 30.9 Å². The summed E-state index contributed by atoms with van der Waals surface area (Å²) in [4.78, 5) is 6.98. The first-order valence-corrected chi connectivity index (χ1v) is 6.59. The summed E-state index contributed by atoms with van der Waals surface area (Å²) in [5.74, 6) is 2.44. The van der Waals surface area contributed by atoms with Crippen molar-refractivity contribution < 1.29 is 0 Å². The van der Waals surface area contributed by atoms with Crippen LogP contribution in [0.25, 0.3) is 5.65 Å². The van der Waals surface area contributed by atoms with Crippen LogP contribution in [0.15, 0.2) is 18.2 Å². The first-order valence-electron chi connectivity index (χ1n) is 6.59. The number of aromatic nitrogens is 3. The lowest BCUT2D eigenvalue weighted by Gasteiger charge is -2.14. The molecule has 1 N–H and O–H groups in total. The molecule has 4 heterocycles. The van der Waals surface area contributed by atoms with Crippen LogP contribution in [0.4, 0.5) is 5.95 Å². The summed E-state index contributed by atoms with van der Waals surface area (Å²) in [5.41, 5.74) is 2.08. The molecule has 0 saturated carbocycles. The topological polar surface area (TPSA) is 45.5 Å². The van der Waals surface area contributed by atoms with E-state index in [-0.39, 0.29) is 0 Å². The highest BCUT2D eigenvalue weighted by atomic mass is 15.4. The molecule has 5 heteroatoms. The van der Waals surface area contributed by atoms with E-state index in [1.807, 2.05) is 16.6 Å². The lowest BCUT2D eigenvalue weighted by molar-refractivity contribution is 0.533. The fourth-order valence-electron chi connectivity index (χ4n) is 3.18. The van der Waals surface area contributed by atoms with Crippen molar-refractivity contribution in [2.75, 3.05) is 31.1 Å². The Hall–Kier alpha value is -1.62. The zero-order chi connectivity index (χ0) is 12.1. The van der Waals surface area contributed by atoms with E-state index in [1.165, 1.54) is 0 Å². The SMILES string of the molecule is Cc1cccc2nc(N3CC4CNCC4C3)nn12. The van der Waals surface area contributed by atoms with Crippen molar-refractivity contribution in [2.24, 2.45) is 11.8 Å². The molecule has 2 aromatic rings. The van der Waals surface area contributed by atoms with E-state index in [2.05, 4.69) is 33.3 Å². The highest BCUT2D eigenvalue weighted by Gasteiger charge is 2.37. The van der Waals surface area contributed by atoms with Gasteiger partial charge in [0.05, 0.1) is 0 Å². The molecule has 2 unspecified atom stereocenters. The standard InChI is InChI=1S/C13H17N5/c1-9-3-2-4-12-15-13(16-18(9)12)17-7-10-5-14-6-11(10)8-17/h2-4,10-11,14H,5-8H2,1H3. The van der Waals surface area contributed by atoms with Crippen LogP contribution in [0.3, 0.4) is 0 Å². The third-order valence-corrected chi connectivity index (χ3v) is 4.21. The predicted molar refractivity (Wildman–Crippen MR) is 69.8 cm³/mol. The Balaban J connectivity index is 1.69. The zero-order valence-corrected chi connectivity index (χ0v) is 10.5. The van der Waals surface area contributed by atoms with E-state index in [0.717, 1.165) is 55.3 Å². The van der Waals surface area contributed by atoms with Gasteiger partial charge < -0.3 is 10.2 Å². The van der Waals surface area contributed by atoms with Gasteiger partial charge in [-0.25, -0.2) is 4.52 Å². The largest absolute Gasteiger partial charge is 0.339 e. The summed E-state index contributed by atoms with van der Waals surface area (Å²) in [6.45, 7) is 6.54. The van der Waals surface area contributed by atoms with E-state index in [4.69, 9.17) is 0 Å². The number of rotatable bonds is 1. The minimum absolute atomic E-state index is 0.776. The van der Waals surface area contributed by atoms with Gasteiger partial charge in [0.25, 0.3) is 0 Å². The van der Waals surface area contributed by atoms with Crippen molar-refractivity contribution in [3.8, 4) is 0 Å². The molecule has 0 amide bonds. The molecule has 0 aromatic carbocycles. The van der Waals surface area contributed by atoms with Crippen molar-refractivity contribution in [1.82, 2.24) is 19.9 Å². The molecule has 2 aromatic heterocycles. The third kappa shape index (κ3) is 1.43. The Morgan fingerprint density at radius 2 is 2.00 bits per heavy atom. The van der Waals surface area contributed by atoms with E-state index in [1.54, 1.807) is 0 Å². The molecule has 2 aliphatic rings. The van der Waals surface area contributed by atoms with Crippen molar-refractivity contribution in [3.05, 3.63) is 23.9 Å². The molecule has 0 spiro atoms. The normalized spacial score (nSPS) is 27.1. The minimum atomic E-state index is 0.776. The van der Waals surface area contributed by atoms with Crippen LogP contribution < -0.4 is 10.2 Å². The molecule has 2 aliphatic heterocycles. The van der Waals surface area contributed by atoms with E-state index in [9.17, 15) is 0 Å². The fraction of sp³-hybridized carbons (Fsp3) is 0.538. The van der Waals surface area contributed by atoms with Gasteiger partial charge in [-0.15, -0.1) is 5.10 Å². The molecular weight excluding hydrogens is 226 g/mol. The van der Waals surface area contributed by atoms with Gasteiger partial charge in [-0.3, -0.25) is 0 Å². The van der Waals surface area contributed by atoms with Crippen LogP contribution in [0, 0.1) is 18.8 Å². The Bertz CT molecular complexity index is 578. The van der Waals surface area contributed by atoms with E-state index >= 15 is 0 Å². The molecule has 18 heavy (non-hydrogen) atoms. The number of pyridine rings is 1. The minimum Gasteiger partial charge on any atom is -0.339 e. The van der Waals surface area contributed by atoms with Crippen LogP contribution in [-0.2, 0) is 0 Å². The fourth-order valence-corrected chi connectivity index (χ4v) is 3.18. The van der Waals surface area contributed by atoms with Gasteiger partial charge in [0, 0.05) is 31.9 Å². The van der Waals surface area contributed by atoms with Crippen molar-refractivity contribution in [1.29, 1.82) is 0 Å². The van der Waals surface area contributed by atoms with E-state index in [0.29, 0.717) is 0 Å². The molecular formula is C13H17N5. The van der Waals surface area contributed by atoms with Gasteiger partial charge in [0.2, 0.25) is 5.95 Å². The monoisotopic (exact) mass is 243 g/mol. The molecule has 2 atom stereocenters. The number of fused-ring (bicyclic) bond motifs is 2. The lowest BCUT2D eigenvalue weighted by Crippen LogP contribution is -2.26. The summed E-state index contributed by atoms with van der Waals surface area (Å²) in [6.07, 6.45) is 0. The van der Waals surface area contributed by atoms with Crippen molar-refractivity contribution in [2.45, 2.75) is 6.92 Å². The van der Waals surface area contributed by atoms with Crippen LogP contribution >= 0.6 is 0 Å². The summed E-state index contributed by atoms with van der Waals surface area (Å²) >= 11 is 0. The number of hydrogen-bond acceptors (Lipinski definition) is 4. The second-order valence-corrected chi connectivity index (χ2v) is 5.43. The molecule has 2 saturated heterocycles. The summed E-state index contributed by atoms with van der Waals surface area (Å²) < 4.78 is 1.93. The number of hydrogen-bond donors (Lipinski definition) is 1. The van der Waals surface area contributed by atoms with Crippen LogP contribution in [0.5, 0.6) is 0 Å². The maximum atomic E-state index is 4.64. The second kappa shape index (κ2) is 3.68. The maximum absolute atomic E-state index is 4.64. The molecule has 4 rings (SSSR count). The van der Waals surface area contributed by atoms with Crippen LogP contribution in [-0.4, -0.2) is 40.8 Å². The second-order valence-electron chi connectivity index (χ2n) is 5.43. The highest BCUT2D eigenvalue weighted by Crippen LogP contribution is 2.29. The van der Waals surface area contributed by atoms with Crippen molar-refractivity contribution >= 4 is 11.6 Å². The number of nitrogens with one attached hydrogen (secondary N) is 1. The molecule has 94 valence electrons. The maximum Gasteiger partial charge on any atom is 0.245 e. The smallest absolute Gasteiger partial charge is 0.245 e. The molecule has 0 aliphatic carbocycles. The molecule has 0 radical (unpaired) electrons. The molecule has 5 nitrogen and oxygen atoms in total. The quantitative estimate of drug-likeness (QED) is 0.800. The van der Waals surface area contributed by atoms with Crippen LogP contribution in [0.1, 0.15) is 5.69 Å². The highest BCUT2D eigenvalue weighted by molar-refractivity contribution is 5.46. The van der Waals surface area contributed by atoms with Gasteiger partial charge >= 0.3 is 0 Å². The zero-order valence-electron chi connectivity index (χ0n) is 10.5. The third-order valence-electron chi connectivity index (χ3n) is 4.21. The number of anilines is 1. The summed E-state index contributed by atoms with van der Waals surface area (Å²) in [7, 11) is 0. The van der Waals surface area contributed by atoms with Gasteiger partial charge in [-0.1, -0.05) is 6.07 Å². The average Bonchev–Trinajstić information content (AvgIpc) is 3.01. The van der Waals surface area contributed by atoms with Crippen LogP contribution in [0.2, 0.25) is 0 Å². The Morgan fingerprint density at radius 3 is 2.72 bits per heavy atom. The number of nitrogens with zero attached hydrogens (tertiary/aromatic N) is 4. The molecule has 0 bridgehead atoms. The Kier molecular flexibility index (Phi) is 2.11. The van der Waals surface area contributed by atoms with Gasteiger partial charge in [0.1, 0.15) is 0 Å². The van der Waals surface area contributed by atoms with Gasteiger partial charge in [0.15, 0.2) is 5.65 Å². The Morgan fingerprint density at radius 1 is 1.22 bits per heavy atom. The summed E-state index contributed by atoms with van der Waals surface area (Å²) in [5, 5.41) is 8.09. The first-order chi connectivity index (χ1) is 8.81. The van der Waals surface area contributed by atoms with Gasteiger partial charge in [-0.2, -0.15) is 4.98 Å². The number of aryl methyl sites for hydroxylation is 1. The lowest BCUT2D eigenvalue weighted by atomic mass is 10.0.